The van der Waals surface area contributed by atoms with Crippen LogP contribution in [0.15, 0.2) is 48.5 Å². The fraction of sp³-hybridized carbons (Fsp3) is 0.167. The molecule has 4 nitrogen and oxygen atoms in total. The Balaban J connectivity index is 1.65. The van der Waals surface area contributed by atoms with Gasteiger partial charge in [-0.1, -0.05) is 30.3 Å². The average Bonchev–Trinajstić information content (AvgIpc) is 2.88. The molecule has 23 heavy (non-hydrogen) atoms. The SMILES string of the molecule is Nc1c(COc2ccc(CCC(=O)O)cc2)sc2ccccc12. The summed E-state index contributed by atoms with van der Waals surface area (Å²) in [5.74, 6) is -0.0357. The van der Waals surface area contributed by atoms with Crippen molar-refractivity contribution in [3.05, 3.63) is 59.0 Å². The van der Waals surface area contributed by atoms with Crippen LogP contribution < -0.4 is 10.5 Å². The maximum atomic E-state index is 10.6. The molecule has 0 atom stereocenters. The maximum absolute atomic E-state index is 10.6. The predicted octanol–water partition coefficient (Wildman–Crippen LogP) is 4.08. The number of hydrogen-bond donors (Lipinski definition) is 2. The van der Waals surface area contributed by atoms with Crippen LogP contribution in [0.2, 0.25) is 0 Å². The van der Waals surface area contributed by atoms with Crippen molar-refractivity contribution in [1.82, 2.24) is 0 Å². The summed E-state index contributed by atoms with van der Waals surface area (Å²) in [5.41, 5.74) is 7.94. The van der Waals surface area contributed by atoms with Gasteiger partial charge in [-0.2, -0.15) is 0 Å². The van der Waals surface area contributed by atoms with E-state index in [2.05, 4.69) is 6.07 Å². The van der Waals surface area contributed by atoms with Crippen molar-refractivity contribution in [1.29, 1.82) is 0 Å². The quantitative estimate of drug-likeness (QED) is 0.715. The fourth-order valence-corrected chi connectivity index (χ4v) is 3.41. The number of carboxylic acid groups (broad SMARTS) is 1. The fourth-order valence-electron chi connectivity index (χ4n) is 2.38. The number of aliphatic carboxylic acids is 1. The molecule has 0 saturated heterocycles. The topological polar surface area (TPSA) is 72.5 Å². The Morgan fingerprint density at radius 3 is 2.57 bits per heavy atom. The first kappa shape index (κ1) is 15.4. The molecule has 3 aromatic rings. The molecule has 0 spiro atoms. The summed E-state index contributed by atoms with van der Waals surface area (Å²) in [5, 5.41) is 9.76. The Bertz CT molecular complexity index is 824. The maximum Gasteiger partial charge on any atom is 0.303 e. The third-order valence-corrected chi connectivity index (χ3v) is 4.79. The van der Waals surface area contributed by atoms with E-state index in [1.165, 1.54) is 0 Å². The summed E-state index contributed by atoms with van der Waals surface area (Å²) in [6, 6.07) is 15.6. The molecular formula is C18H17NO3S. The lowest BCUT2D eigenvalue weighted by molar-refractivity contribution is -0.136. The number of fused-ring (bicyclic) bond motifs is 1. The van der Waals surface area contributed by atoms with E-state index in [1.54, 1.807) is 11.3 Å². The van der Waals surface area contributed by atoms with Crippen molar-refractivity contribution in [3.8, 4) is 5.75 Å². The first-order valence-electron chi connectivity index (χ1n) is 7.33. The van der Waals surface area contributed by atoms with Gasteiger partial charge >= 0.3 is 5.97 Å². The molecular weight excluding hydrogens is 310 g/mol. The summed E-state index contributed by atoms with van der Waals surface area (Å²) in [6.07, 6.45) is 0.664. The summed E-state index contributed by atoms with van der Waals surface area (Å²) >= 11 is 1.64. The smallest absolute Gasteiger partial charge is 0.303 e. The Hall–Kier alpha value is -2.53. The number of aryl methyl sites for hydroxylation is 1. The number of thiophene rings is 1. The van der Waals surface area contributed by atoms with Gasteiger partial charge < -0.3 is 15.6 Å². The standard InChI is InChI=1S/C18H17NO3S/c19-18-14-3-1-2-4-15(14)23-16(18)11-22-13-8-5-12(6-9-13)7-10-17(20)21/h1-6,8-9H,7,10-11,19H2,(H,20,21). The van der Waals surface area contributed by atoms with Crippen LogP contribution in [-0.4, -0.2) is 11.1 Å². The average molecular weight is 327 g/mol. The first-order chi connectivity index (χ1) is 11.1. The van der Waals surface area contributed by atoms with Crippen molar-refractivity contribution >= 4 is 33.1 Å². The molecule has 0 aliphatic carbocycles. The zero-order valence-electron chi connectivity index (χ0n) is 12.5. The normalized spacial score (nSPS) is 10.8. The molecule has 5 heteroatoms. The van der Waals surface area contributed by atoms with Crippen molar-refractivity contribution in [2.24, 2.45) is 0 Å². The second-order valence-corrected chi connectivity index (χ2v) is 6.40. The number of nitrogen functional groups attached to an aromatic ring is 1. The van der Waals surface area contributed by atoms with Crippen LogP contribution in [0.4, 0.5) is 5.69 Å². The highest BCUT2D eigenvalue weighted by Crippen LogP contribution is 2.34. The number of anilines is 1. The van der Waals surface area contributed by atoms with Gasteiger partial charge in [-0.25, -0.2) is 0 Å². The van der Waals surface area contributed by atoms with Crippen LogP contribution in [0.5, 0.6) is 5.75 Å². The molecule has 2 aromatic carbocycles. The number of ether oxygens (including phenoxy) is 1. The molecule has 3 rings (SSSR count). The highest BCUT2D eigenvalue weighted by molar-refractivity contribution is 7.19. The van der Waals surface area contributed by atoms with E-state index in [9.17, 15) is 4.79 Å². The van der Waals surface area contributed by atoms with Gasteiger partial charge in [0.1, 0.15) is 12.4 Å². The van der Waals surface area contributed by atoms with E-state index in [0.29, 0.717) is 13.0 Å². The highest BCUT2D eigenvalue weighted by atomic mass is 32.1. The van der Waals surface area contributed by atoms with Gasteiger partial charge in [0, 0.05) is 16.5 Å². The lowest BCUT2D eigenvalue weighted by Gasteiger charge is -2.06. The first-order valence-corrected chi connectivity index (χ1v) is 8.14. The largest absolute Gasteiger partial charge is 0.488 e. The molecule has 1 aromatic heterocycles. The Morgan fingerprint density at radius 2 is 1.87 bits per heavy atom. The lowest BCUT2D eigenvalue weighted by atomic mass is 10.1. The molecule has 0 bridgehead atoms. The lowest BCUT2D eigenvalue weighted by Crippen LogP contribution is -1.98. The summed E-state index contributed by atoms with van der Waals surface area (Å²) < 4.78 is 6.96. The van der Waals surface area contributed by atoms with Crippen molar-refractivity contribution in [2.45, 2.75) is 19.4 Å². The minimum absolute atomic E-state index is 0.137. The molecule has 118 valence electrons. The minimum Gasteiger partial charge on any atom is -0.488 e. The van der Waals surface area contributed by atoms with E-state index < -0.39 is 5.97 Å². The van der Waals surface area contributed by atoms with Crippen molar-refractivity contribution < 1.29 is 14.6 Å². The predicted molar refractivity (Wildman–Crippen MR) is 93.0 cm³/mol. The van der Waals surface area contributed by atoms with Crippen molar-refractivity contribution in [2.75, 3.05) is 5.73 Å². The van der Waals surface area contributed by atoms with Crippen LogP contribution in [0, 0.1) is 0 Å². The van der Waals surface area contributed by atoms with Crippen LogP contribution in [0.3, 0.4) is 0 Å². The van der Waals surface area contributed by atoms with Gasteiger partial charge in [-0.3, -0.25) is 4.79 Å². The van der Waals surface area contributed by atoms with E-state index in [1.807, 2.05) is 42.5 Å². The number of rotatable bonds is 6. The monoisotopic (exact) mass is 327 g/mol. The van der Waals surface area contributed by atoms with Gasteiger partial charge in [0.2, 0.25) is 0 Å². The Labute approximate surface area is 138 Å². The Morgan fingerprint density at radius 1 is 1.13 bits per heavy atom. The zero-order valence-corrected chi connectivity index (χ0v) is 13.3. The number of carbonyl (C=O) groups is 1. The molecule has 3 N–H and O–H groups in total. The highest BCUT2D eigenvalue weighted by Gasteiger charge is 2.09. The number of benzene rings is 2. The van der Waals surface area contributed by atoms with Crippen LogP contribution in [0.1, 0.15) is 16.9 Å². The third-order valence-electron chi connectivity index (χ3n) is 3.63. The van der Waals surface area contributed by atoms with E-state index in [0.717, 1.165) is 32.0 Å². The van der Waals surface area contributed by atoms with Gasteiger partial charge in [0.25, 0.3) is 0 Å². The number of hydrogen-bond acceptors (Lipinski definition) is 4. The van der Waals surface area contributed by atoms with Gasteiger partial charge in [-0.15, -0.1) is 11.3 Å². The molecule has 1 heterocycles. The summed E-state index contributed by atoms with van der Waals surface area (Å²) in [6.45, 7) is 0.430. The molecule has 0 fully saturated rings. The van der Waals surface area contributed by atoms with E-state index in [4.69, 9.17) is 15.6 Å². The van der Waals surface area contributed by atoms with Crippen molar-refractivity contribution in [3.63, 3.8) is 0 Å². The molecule has 0 aliphatic rings. The van der Waals surface area contributed by atoms with Crippen LogP contribution in [0.25, 0.3) is 10.1 Å². The molecule has 0 aliphatic heterocycles. The second-order valence-electron chi connectivity index (χ2n) is 5.26. The van der Waals surface area contributed by atoms with Gasteiger partial charge in [-0.05, 0) is 30.2 Å². The van der Waals surface area contributed by atoms with Gasteiger partial charge in [0.05, 0.1) is 10.6 Å². The zero-order chi connectivity index (χ0) is 16.2. The summed E-state index contributed by atoms with van der Waals surface area (Å²) in [4.78, 5) is 11.6. The second kappa shape index (κ2) is 6.71. The minimum atomic E-state index is -0.787. The van der Waals surface area contributed by atoms with E-state index in [-0.39, 0.29) is 6.42 Å². The molecule has 0 unspecified atom stereocenters. The van der Waals surface area contributed by atoms with Gasteiger partial charge in [0.15, 0.2) is 0 Å². The van der Waals surface area contributed by atoms with Crippen LogP contribution in [-0.2, 0) is 17.8 Å². The third kappa shape index (κ3) is 3.63. The summed E-state index contributed by atoms with van der Waals surface area (Å²) in [7, 11) is 0. The molecule has 0 saturated carbocycles. The van der Waals surface area contributed by atoms with E-state index >= 15 is 0 Å². The number of carboxylic acids is 1. The molecule has 0 amide bonds. The number of nitrogens with two attached hydrogens (primary N) is 1. The molecule has 0 radical (unpaired) electrons. The Kier molecular flexibility index (Phi) is 4.48. The van der Waals surface area contributed by atoms with Crippen LogP contribution >= 0.6 is 11.3 Å².